The molecule has 0 bridgehead atoms. The number of allylic oxidation sites excluding steroid dienone is 2. The lowest BCUT2D eigenvalue weighted by Crippen LogP contribution is -2.51. The second-order valence-electron chi connectivity index (χ2n) is 8.11. The van der Waals surface area contributed by atoms with Crippen LogP contribution in [0.3, 0.4) is 0 Å². The van der Waals surface area contributed by atoms with Crippen LogP contribution in [0.5, 0.6) is 0 Å². The molecule has 0 saturated heterocycles. The number of aryl methyl sites for hydroxylation is 1. The zero-order chi connectivity index (χ0) is 29.3. The van der Waals surface area contributed by atoms with Crippen LogP contribution in [0.4, 0.5) is 5.69 Å². The van der Waals surface area contributed by atoms with Crippen LogP contribution in [0, 0.1) is 0 Å². The fourth-order valence-electron chi connectivity index (χ4n) is 4.01. The molecule has 1 unspecified atom stereocenters. The molecule has 0 aliphatic carbocycles. The van der Waals surface area contributed by atoms with Gasteiger partial charge in [-0.1, -0.05) is 64.6 Å². The Labute approximate surface area is 233 Å². The van der Waals surface area contributed by atoms with Crippen molar-refractivity contribution >= 4 is 29.6 Å². The molecule has 1 aromatic carbocycles. The van der Waals surface area contributed by atoms with Crippen LogP contribution in [-0.2, 0) is 38.4 Å². The van der Waals surface area contributed by atoms with Crippen LogP contribution in [-0.4, -0.2) is 47.8 Å². The second-order valence-corrected chi connectivity index (χ2v) is 8.11. The minimum atomic E-state index is -1.54. The third-order valence-corrected chi connectivity index (χ3v) is 5.82. The first-order valence-electron chi connectivity index (χ1n) is 13.6. The van der Waals surface area contributed by atoms with Crippen molar-refractivity contribution in [2.24, 2.45) is 15.1 Å². The van der Waals surface area contributed by atoms with Crippen molar-refractivity contribution in [1.82, 2.24) is 0 Å². The summed E-state index contributed by atoms with van der Waals surface area (Å²) in [6.45, 7) is 19.0. The third kappa shape index (κ3) is 8.84. The van der Waals surface area contributed by atoms with Gasteiger partial charge in [-0.05, 0) is 55.4 Å². The summed E-state index contributed by atoms with van der Waals surface area (Å²) in [5.74, 6) is -0.667. The number of esters is 1. The summed E-state index contributed by atoms with van der Waals surface area (Å²) >= 11 is 0. The number of rotatable bonds is 14. The molecule has 1 heterocycles. The van der Waals surface area contributed by atoms with Crippen LogP contribution in [0.1, 0.15) is 71.1 Å². The molecule has 0 spiro atoms. The van der Waals surface area contributed by atoms with E-state index in [1.165, 1.54) is 11.8 Å². The summed E-state index contributed by atoms with van der Waals surface area (Å²) in [5.41, 5.74) is 2.81. The Morgan fingerprint density at radius 2 is 1.92 bits per heavy atom. The normalized spacial score (nSPS) is 17.0. The number of aliphatic hydroxyl groups excluding tert-OH is 1. The number of benzene rings is 1. The fourth-order valence-corrected chi connectivity index (χ4v) is 4.01. The molecule has 2 N–H and O–H groups in total. The molecule has 0 fully saturated rings. The van der Waals surface area contributed by atoms with Gasteiger partial charge in [-0.2, -0.15) is 0 Å². The Morgan fingerprint density at radius 1 is 1.21 bits per heavy atom. The number of aliphatic hydroxyl groups is 1. The van der Waals surface area contributed by atoms with Crippen molar-refractivity contribution in [1.29, 1.82) is 0 Å². The van der Waals surface area contributed by atoms with Gasteiger partial charge in [-0.3, -0.25) is 0 Å². The smallest absolute Gasteiger partial charge is 0.358 e. The number of hydrogen-bond acceptors (Lipinski definition) is 9. The lowest BCUT2D eigenvalue weighted by molar-refractivity contribution is -0.155. The zero-order valence-corrected chi connectivity index (χ0v) is 24.2. The molecule has 2 rings (SSSR count). The molecule has 1 aromatic rings. The fraction of sp³-hybridized carbons (Fsp3) is 0.467. The first kappa shape index (κ1) is 33.1. The van der Waals surface area contributed by atoms with Crippen molar-refractivity contribution in [3.63, 3.8) is 0 Å². The van der Waals surface area contributed by atoms with Crippen molar-refractivity contribution in [2.45, 2.75) is 79.2 Å². The SMILES string of the molecule is C=CC/C=N\C(O)=C/Cc1ccc(CC)c(CC)c1NC1=NCC(C(=O)OCC)(/C(CC)=N/OC=C)O1.CC. The summed E-state index contributed by atoms with van der Waals surface area (Å²) < 4.78 is 11.5. The molecule has 0 amide bonds. The number of aliphatic imine (C=N–C) groups is 2. The van der Waals surface area contributed by atoms with E-state index in [0.29, 0.717) is 25.0 Å². The molecule has 0 aromatic heterocycles. The van der Waals surface area contributed by atoms with Crippen molar-refractivity contribution in [3.8, 4) is 0 Å². The van der Waals surface area contributed by atoms with Crippen LogP contribution in [0.15, 0.2) is 64.7 Å². The lowest BCUT2D eigenvalue weighted by Gasteiger charge is -2.27. The summed E-state index contributed by atoms with van der Waals surface area (Å²) in [7, 11) is 0. The maximum absolute atomic E-state index is 13.0. The first-order valence-corrected chi connectivity index (χ1v) is 13.6. The Hall–Kier alpha value is -3.88. The van der Waals surface area contributed by atoms with E-state index in [1.807, 2.05) is 26.8 Å². The number of nitrogens with one attached hydrogen (secondary N) is 1. The molecular formula is C30H44N4O5. The number of carbonyl (C=O) groups excluding carboxylic acids is 1. The minimum Gasteiger partial charge on any atom is -0.493 e. The maximum Gasteiger partial charge on any atom is 0.358 e. The second kappa shape index (κ2) is 17.6. The van der Waals surface area contributed by atoms with Crippen LogP contribution in [0.25, 0.3) is 0 Å². The number of carbonyl (C=O) groups is 1. The Balaban J connectivity index is 0.00000371. The standard InChI is InChI=1S/C28H38N4O5.C2H6/c1-7-13-18-29-24(33)17-16-21-15-14-20(8-2)22(9-3)25(21)31-27-30-19-28(37-27,26(34)35-11-5)23(10-4)32-36-12-6;1-2/h7,12,14-15,17-18,33H,1,6,8-11,13,16,19H2,2-5H3,(H,30,31);1-2H3/b24-17+,29-18-,32-23+;. The van der Waals surface area contributed by atoms with Gasteiger partial charge in [0.2, 0.25) is 5.88 Å². The van der Waals surface area contributed by atoms with Gasteiger partial charge >= 0.3 is 5.97 Å². The van der Waals surface area contributed by atoms with E-state index in [1.54, 1.807) is 25.3 Å². The number of anilines is 1. The summed E-state index contributed by atoms with van der Waals surface area (Å²) in [6, 6.07) is 4.26. The highest BCUT2D eigenvalue weighted by atomic mass is 16.6. The molecule has 1 aliphatic heterocycles. The molecule has 1 atom stereocenters. The quantitative estimate of drug-likeness (QED) is 0.0921. The monoisotopic (exact) mass is 540 g/mol. The van der Waals surface area contributed by atoms with Crippen LogP contribution in [0.2, 0.25) is 0 Å². The van der Waals surface area contributed by atoms with Gasteiger partial charge < -0.3 is 24.7 Å². The van der Waals surface area contributed by atoms with Gasteiger partial charge in [0.1, 0.15) is 18.5 Å². The van der Waals surface area contributed by atoms with E-state index in [-0.39, 0.29) is 25.1 Å². The predicted molar refractivity (Wildman–Crippen MR) is 160 cm³/mol. The third-order valence-electron chi connectivity index (χ3n) is 5.82. The average molecular weight is 541 g/mol. The Bertz CT molecular complexity index is 1090. The first-order chi connectivity index (χ1) is 18.9. The van der Waals surface area contributed by atoms with E-state index >= 15 is 0 Å². The minimum absolute atomic E-state index is 0.00961. The highest BCUT2D eigenvalue weighted by molar-refractivity contribution is 6.13. The van der Waals surface area contributed by atoms with E-state index in [4.69, 9.17) is 14.3 Å². The average Bonchev–Trinajstić information content (AvgIpc) is 3.38. The number of amidine groups is 1. The maximum atomic E-state index is 13.0. The Kier molecular flexibility index (Phi) is 15.0. The molecule has 0 radical (unpaired) electrons. The molecule has 1 aliphatic rings. The van der Waals surface area contributed by atoms with Gasteiger partial charge in [0.15, 0.2) is 0 Å². The topological polar surface area (TPSA) is 114 Å². The largest absolute Gasteiger partial charge is 0.493 e. The summed E-state index contributed by atoms with van der Waals surface area (Å²) in [6.07, 6.45) is 9.07. The molecular weight excluding hydrogens is 496 g/mol. The van der Waals surface area contributed by atoms with Gasteiger partial charge in [-0.15, -0.1) is 6.58 Å². The van der Waals surface area contributed by atoms with Crippen molar-refractivity contribution in [2.75, 3.05) is 18.5 Å². The van der Waals surface area contributed by atoms with Gasteiger partial charge in [0.05, 0.1) is 6.61 Å². The molecule has 0 saturated carbocycles. The molecule has 214 valence electrons. The number of oxime groups is 1. The van der Waals surface area contributed by atoms with Crippen LogP contribution >= 0.6 is 0 Å². The van der Waals surface area contributed by atoms with Gasteiger partial charge in [0, 0.05) is 18.3 Å². The van der Waals surface area contributed by atoms with Gasteiger partial charge in [0.25, 0.3) is 11.6 Å². The predicted octanol–water partition coefficient (Wildman–Crippen LogP) is 6.45. The van der Waals surface area contributed by atoms with Crippen molar-refractivity contribution in [3.05, 3.63) is 66.3 Å². The van der Waals surface area contributed by atoms with E-state index in [2.05, 4.69) is 53.5 Å². The lowest BCUT2D eigenvalue weighted by atomic mass is 9.95. The number of nitrogens with zero attached hydrogens (tertiary/aromatic N) is 3. The summed E-state index contributed by atoms with van der Waals surface area (Å²) in [4.78, 5) is 26.6. The van der Waals surface area contributed by atoms with E-state index in [9.17, 15) is 9.90 Å². The van der Waals surface area contributed by atoms with E-state index in [0.717, 1.165) is 29.7 Å². The Morgan fingerprint density at radius 3 is 2.51 bits per heavy atom. The molecule has 9 heteroatoms. The highest BCUT2D eigenvalue weighted by Gasteiger charge is 2.52. The molecule has 39 heavy (non-hydrogen) atoms. The summed E-state index contributed by atoms with van der Waals surface area (Å²) in [5, 5.41) is 17.5. The molecule has 9 nitrogen and oxygen atoms in total. The van der Waals surface area contributed by atoms with E-state index < -0.39 is 11.6 Å². The highest BCUT2D eigenvalue weighted by Crippen LogP contribution is 2.31. The number of ether oxygens (including phenoxy) is 2. The van der Waals surface area contributed by atoms with Gasteiger partial charge in [-0.25, -0.2) is 14.8 Å². The zero-order valence-electron chi connectivity index (χ0n) is 24.2. The van der Waals surface area contributed by atoms with Crippen molar-refractivity contribution < 1.29 is 24.2 Å². The number of hydrogen-bond donors (Lipinski definition) is 2. The van der Waals surface area contributed by atoms with Crippen LogP contribution < -0.4 is 5.32 Å².